The number of nitrogens with one attached hydrogen (secondary N) is 1. The van der Waals surface area contributed by atoms with Crippen LogP contribution in [-0.4, -0.2) is 39.9 Å². The summed E-state index contributed by atoms with van der Waals surface area (Å²) in [6.45, 7) is 12.0. The van der Waals surface area contributed by atoms with E-state index >= 15 is 4.39 Å². The number of amides is 2. The van der Waals surface area contributed by atoms with E-state index in [1.54, 1.807) is 16.8 Å². The molecule has 2 atom stereocenters. The lowest BCUT2D eigenvalue weighted by atomic mass is 9.87. The van der Waals surface area contributed by atoms with Gasteiger partial charge in [-0.1, -0.05) is 64.1 Å². The van der Waals surface area contributed by atoms with Gasteiger partial charge < -0.3 is 5.32 Å². The van der Waals surface area contributed by atoms with Crippen LogP contribution in [-0.2, 0) is 15.0 Å². The predicted molar refractivity (Wildman–Crippen MR) is 148 cm³/mol. The number of thioether (sulfide) groups is 1. The fourth-order valence-electron chi connectivity index (χ4n) is 4.54. The standard InChI is InChI=1S/C29H35FN4O2S/c1-7-19(3)31-23(35)16-33-24(36)17-37-26(20-13-9-10-14-21(20)30)25-27(29(4,5)6)32-34(28(25)33)22-15-11-8-12-18(22)2/h8-15,19,26H,7,16-17H2,1-6H3,(H,31,35). The Morgan fingerprint density at radius 2 is 1.86 bits per heavy atom. The van der Waals surface area contributed by atoms with Crippen LogP contribution in [0.3, 0.4) is 0 Å². The van der Waals surface area contributed by atoms with Crippen LogP contribution in [0.25, 0.3) is 5.69 Å². The van der Waals surface area contributed by atoms with Gasteiger partial charge in [-0.15, -0.1) is 11.8 Å². The van der Waals surface area contributed by atoms with Crippen molar-refractivity contribution in [1.82, 2.24) is 15.1 Å². The first-order valence-corrected chi connectivity index (χ1v) is 13.7. The van der Waals surface area contributed by atoms with Crippen LogP contribution in [0.15, 0.2) is 48.5 Å². The third kappa shape index (κ3) is 5.44. The maximum atomic E-state index is 15.2. The van der Waals surface area contributed by atoms with Gasteiger partial charge in [-0.25, -0.2) is 9.07 Å². The van der Waals surface area contributed by atoms with Crippen LogP contribution in [0.2, 0.25) is 0 Å². The maximum absolute atomic E-state index is 15.2. The van der Waals surface area contributed by atoms with E-state index in [4.69, 9.17) is 5.10 Å². The molecule has 0 radical (unpaired) electrons. The van der Waals surface area contributed by atoms with Crippen molar-refractivity contribution in [2.75, 3.05) is 17.2 Å². The average molecular weight is 523 g/mol. The van der Waals surface area contributed by atoms with Crippen molar-refractivity contribution in [2.24, 2.45) is 0 Å². The molecule has 0 saturated carbocycles. The normalized spacial score (nSPS) is 16.8. The molecule has 2 unspecified atom stereocenters. The van der Waals surface area contributed by atoms with Crippen molar-refractivity contribution in [3.63, 3.8) is 0 Å². The zero-order valence-electron chi connectivity index (χ0n) is 22.3. The van der Waals surface area contributed by atoms with Crippen molar-refractivity contribution < 1.29 is 14.0 Å². The molecule has 2 amide bonds. The third-order valence-corrected chi connectivity index (χ3v) is 7.89. The van der Waals surface area contributed by atoms with Crippen molar-refractivity contribution in [1.29, 1.82) is 0 Å². The van der Waals surface area contributed by atoms with Crippen LogP contribution in [0.4, 0.5) is 10.2 Å². The first kappa shape index (κ1) is 26.9. The van der Waals surface area contributed by atoms with Crippen molar-refractivity contribution in [2.45, 2.75) is 64.7 Å². The summed E-state index contributed by atoms with van der Waals surface area (Å²) in [5.41, 5.74) is 3.43. The van der Waals surface area contributed by atoms with Gasteiger partial charge in [-0.3, -0.25) is 14.5 Å². The number of anilines is 1. The Morgan fingerprint density at radius 1 is 1.19 bits per heavy atom. The molecule has 0 spiro atoms. The van der Waals surface area contributed by atoms with E-state index in [-0.39, 0.29) is 36.0 Å². The first-order chi connectivity index (χ1) is 17.5. The number of aromatic nitrogens is 2. The number of fused-ring (bicyclic) bond motifs is 1. The summed E-state index contributed by atoms with van der Waals surface area (Å²) in [4.78, 5) is 28.3. The molecule has 6 nitrogen and oxygen atoms in total. The van der Waals surface area contributed by atoms with E-state index in [9.17, 15) is 9.59 Å². The molecule has 0 saturated heterocycles. The summed E-state index contributed by atoms with van der Waals surface area (Å²) in [5.74, 6) is -0.133. The van der Waals surface area contributed by atoms with Gasteiger partial charge in [-0.2, -0.15) is 5.10 Å². The molecule has 37 heavy (non-hydrogen) atoms. The van der Waals surface area contributed by atoms with Gasteiger partial charge in [-0.05, 0) is 38.0 Å². The second-order valence-electron chi connectivity index (χ2n) is 10.6. The topological polar surface area (TPSA) is 67.2 Å². The summed E-state index contributed by atoms with van der Waals surface area (Å²) in [6, 6.07) is 14.5. The number of hydrogen-bond acceptors (Lipinski definition) is 4. The van der Waals surface area contributed by atoms with Crippen molar-refractivity contribution >= 4 is 29.4 Å². The lowest BCUT2D eigenvalue weighted by Crippen LogP contribution is -2.44. The molecule has 3 aromatic rings. The van der Waals surface area contributed by atoms with Crippen LogP contribution in [0.5, 0.6) is 0 Å². The largest absolute Gasteiger partial charge is 0.352 e. The Bertz CT molecular complexity index is 1310. The summed E-state index contributed by atoms with van der Waals surface area (Å²) in [6.07, 6.45) is 0.783. The molecule has 8 heteroatoms. The van der Waals surface area contributed by atoms with Crippen molar-refractivity contribution in [3.05, 3.63) is 76.7 Å². The number of benzene rings is 2. The second kappa shape index (κ2) is 10.7. The molecule has 196 valence electrons. The van der Waals surface area contributed by atoms with Gasteiger partial charge in [0.05, 0.1) is 22.4 Å². The minimum atomic E-state index is -0.463. The SMILES string of the molecule is CCC(C)NC(=O)CN1C(=O)CSC(c2ccccc2F)c2c(C(C)(C)C)nn(-c3ccccc3C)c21. The van der Waals surface area contributed by atoms with E-state index in [2.05, 4.69) is 26.1 Å². The lowest BCUT2D eigenvalue weighted by molar-refractivity contribution is -0.123. The highest BCUT2D eigenvalue weighted by atomic mass is 32.2. The molecule has 1 aromatic heterocycles. The third-order valence-electron chi connectivity index (χ3n) is 6.65. The fraction of sp³-hybridized carbons (Fsp3) is 0.414. The summed E-state index contributed by atoms with van der Waals surface area (Å²) in [7, 11) is 0. The number of rotatable bonds is 6. The first-order valence-electron chi connectivity index (χ1n) is 12.7. The molecular formula is C29H35FN4O2S. The zero-order valence-corrected chi connectivity index (χ0v) is 23.2. The predicted octanol–water partition coefficient (Wildman–Crippen LogP) is 5.70. The number of aryl methyl sites for hydroxylation is 1. The van der Waals surface area contributed by atoms with Gasteiger partial charge >= 0.3 is 0 Å². The molecule has 2 heterocycles. The van der Waals surface area contributed by atoms with E-state index in [0.717, 1.165) is 28.9 Å². The van der Waals surface area contributed by atoms with Gasteiger partial charge in [0, 0.05) is 22.6 Å². The van der Waals surface area contributed by atoms with Crippen LogP contribution in [0.1, 0.15) is 68.7 Å². The van der Waals surface area contributed by atoms with E-state index in [1.165, 1.54) is 22.7 Å². The average Bonchev–Trinajstić information content (AvgIpc) is 3.18. The molecule has 0 bridgehead atoms. The monoisotopic (exact) mass is 522 g/mol. The fourth-order valence-corrected chi connectivity index (χ4v) is 5.76. The van der Waals surface area contributed by atoms with Crippen LogP contribution < -0.4 is 10.2 Å². The lowest BCUT2D eigenvalue weighted by Gasteiger charge is -2.25. The van der Waals surface area contributed by atoms with Crippen LogP contribution in [0, 0.1) is 12.7 Å². The Hall–Kier alpha value is -3.13. The quantitative estimate of drug-likeness (QED) is 0.451. The smallest absolute Gasteiger partial charge is 0.240 e. The molecule has 2 aromatic carbocycles. The highest BCUT2D eigenvalue weighted by molar-refractivity contribution is 8.00. The number of halogens is 1. The number of nitrogens with zero attached hydrogens (tertiary/aromatic N) is 3. The minimum absolute atomic E-state index is 0.0130. The highest BCUT2D eigenvalue weighted by Crippen LogP contribution is 2.49. The van der Waals surface area contributed by atoms with Crippen molar-refractivity contribution in [3.8, 4) is 5.69 Å². The zero-order chi connectivity index (χ0) is 26.9. The molecule has 0 fully saturated rings. The van der Waals surface area contributed by atoms with Gasteiger partial charge in [0.1, 0.15) is 18.2 Å². The molecule has 1 aliphatic heterocycles. The van der Waals surface area contributed by atoms with Gasteiger partial charge in [0.25, 0.3) is 0 Å². The Morgan fingerprint density at radius 3 is 2.51 bits per heavy atom. The van der Waals surface area contributed by atoms with Gasteiger partial charge in [0.15, 0.2) is 0 Å². The Balaban J connectivity index is 2.02. The number of hydrogen-bond donors (Lipinski definition) is 1. The molecule has 0 aliphatic carbocycles. The molecule has 1 aliphatic rings. The number of carbonyl (C=O) groups excluding carboxylic acids is 2. The Kier molecular flexibility index (Phi) is 7.78. The van der Waals surface area contributed by atoms with E-state index < -0.39 is 10.7 Å². The number of carbonyl (C=O) groups is 2. The Labute approximate surface area is 222 Å². The minimum Gasteiger partial charge on any atom is -0.352 e. The van der Waals surface area contributed by atoms with Crippen LogP contribution >= 0.6 is 11.8 Å². The summed E-state index contributed by atoms with van der Waals surface area (Å²) >= 11 is 1.38. The molecule has 1 N–H and O–H groups in total. The summed E-state index contributed by atoms with van der Waals surface area (Å²) < 4.78 is 17.0. The van der Waals surface area contributed by atoms with Gasteiger partial charge in [0.2, 0.25) is 11.8 Å². The second-order valence-corrected chi connectivity index (χ2v) is 11.7. The summed E-state index contributed by atoms with van der Waals surface area (Å²) in [5, 5.41) is 7.58. The molecule has 4 rings (SSSR count). The highest BCUT2D eigenvalue weighted by Gasteiger charge is 2.40. The number of para-hydroxylation sites is 1. The van der Waals surface area contributed by atoms with E-state index in [0.29, 0.717) is 11.4 Å². The molecular weight excluding hydrogens is 487 g/mol. The maximum Gasteiger partial charge on any atom is 0.240 e. The van der Waals surface area contributed by atoms with E-state index in [1.807, 2.05) is 51.1 Å².